The summed E-state index contributed by atoms with van der Waals surface area (Å²) >= 11 is 0. The number of hydrogen-bond donors (Lipinski definition) is 0. The number of hydrogen-bond acceptors (Lipinski definition) is 3. The molecule has 2 atom stereocenters. The van der Waals surface area contributed by atoms with E-state index >= 15 is 0 Å². The first-order chi connectivity index (χ1) is 10.7. The van der Waals surface area contributed by atoms with E-state index in [2.05, 4.69) is 10.5 Å². The zero-order chi connectivity index (χ0) is 17.4. The van der Waals surface area contributed by atoms with Crippen LogP contribution >= 0.6 is 0 Å². The molecule has 2 rings (SSSR count). The third-order valence-corrected chi connectivity index (χ3v) is 5.59. The van der Waals surface area contributed by atoms with Gasteiger partial charge in [0.2, 0.25) is 16.4 Å². The minimum atomic E-state index is -1.23. The van der Waals surface area contributed by atoms with Gasteiger partial charge in [0, 0.05) is 31.3 Å². The molecule has 1 heterocycles. The molecule has 1 aliphatic rings. The minimum absolute atomic E-state index is 0.00433. The molecular formula is C17H21FNO3Si. The molecular weight excluding hydrogens is 313 g/mol. The van der Waals surface area contributed by atoms with Crippen molar-refractivity contribution in [1.82, 2.24) is 4.90 Å². The summed E-state index contributed by atoms with van der Waals surface area (Å²) in [6.07, 6.45) is 0.299. The van der Waals surface area contributed by atoms with E-state index in [1.807, 2.05) is 20.8 Å². The van der Waals surface area contributed by atoms with Crippen molar-refractivity contribution in [3.05, 3.63) is 35.6 Å². The summed E-state index contributed by atoms with van der Waals surface area (Å²) in [4.78, 5) is 26.7. The second-order valence-electron chi connectivity index (χ2n) is 6.60. The van der Waals surface area contributed by atoms with Gasteiger partial charge in [0.25, 0.3) is 0 Å². The predicted octanol–water partition coefficient (Wildman–Crippen LogP) is 2.51. The number of ketones is 1. The molecule has 1 saturated heterocycles. The third kappa shape index (κ3) is 2.74. The number of piperidine rings is 1. The number of Topliss-reactive ketones (excluding diaryl/α,β-unsaturated/α-hetero) is 1. The fourth-order valence-corrected chi connectivity index (χ4v) is 3.89. The molecule has 123 valence electrons. The number of halogens is 1. The second kappa shape index (κ2) is 6.17. The molecule has 0 N–H and O–H groups in total. The first-order valence-electron chi connectivity index (χ1n) is 7.60. The monoisotopic (exact) mass is 334 g/mol. The Balaban J connectivity index is 2.48. The summed E-state index contributed by atoms with van der Waals surface area (Å²) in [6.45, 7) is 7.53. The van der Waals surface area contributed by atoms with E-state index in [9.17, 15) is 14.0 Å². The molecule has 1 fully saturated rings. The van der Waals surface area contributed by atoms with E-state index in [1.165, 1.54) is 19.1 Å². The number of nitrogens with zero attached hydrogens (tertiary/aromatic N) is 1. The van der Waals surface area contributed by atoms with E-state index in [0.29, 0.717) is 13.0 Å². The Hall–Kier alpha value is -1.53. The average molecular weight is 334 g/mol. The van der Waals surface area contributed by atoms with E-state index in [0.717, 1.165) is 0 Å². The van der Waals surface area contributed by atoms with E-state index in [4.69, 9.17) is 4.43 Å². The fraction of sp³-hybridized carbons (Fsp3) is 0.529. The zero-order valence-corrected chi connectivity index (χ0v) is 14.9. The van der Waals surface area contributed by atoms with Crippen molar-refractivity contribution >= 4 is 22.2 Å². The van der Waals surface area contributed by atoms with Gasteiger partial charge in [-0.2, -0.15) is 0 Å². The van der Waals surface area contributed by atoms with Crippen molar-refractivity contribution in [2.75, 3.05) is 6.54 Å². The van der Waals surface area contributed by atoms with E-state index in [1.54, 1.807) is 17.0 Å². The summed E-state index contributed by atoms with van der Waals surface area (Å²) in [5.41, 5.74) is -1.82. The van der Waals surface area contributed by atoms with Crippen LogP contribution in [0.3, 0.4) is 0 Å². The lowest BCUT2D eigenvalue weighted by Gasteiger charge is -2.54. The van der Waals surface area contributed by atoms with Crippen LogP contribution < -0.4 is 0 Å². The van der Waals surface area contributed by atoms with Crippen LogP contribution in [0.2, 0.25) is 0 Å². The van der Waals surface area contributed by atoms with Crippen LogP contribution in [0.15, 0.2) is 24.3 Å². The van der Waals surface area contributed by atoms with Gasteiger partial charge < -0.3 is 9.33 Å². The van der Waals surface area contributed by atoms with Crippen molar-refractivity contribution in [3.8, 4) is 0 Å². The van der Waals surface area contributed by atoms with E-state index in [-0.39, 0.29) is 17.4 Å². The number of carbonyl (C=O) groups excluding carboxylic acids is 2. The van der Waals surface area contributed by atoms with Gasteiger partial charge in [-0.1, -0.05) is 19.1 Å². The molecule has 0 aliphatic carbocycles. The molecule has 0 bridgehead atoms. The summed E-state index contributed by atoms with van der Waals surface area (Å²) < 4.78 is 19.5. The quantitative estimate of drug-likeness (QED) is 0.630. The van der Waals surface area contributed by atoms with Gasteiger partial charge in [0.1, 0.15) is 11.4 Å². The smallest absolute Gasteiger partial charge is 0.247 e. The molecule has 0 saturated carbocycles. The van der Waals surface area contributed by atoms with Crippen LogP contribution in [0.25, 0.3) is 0 Å². The third-order valence-electron chi connectivity index (χ3n) is 5.23. The molecule has 1 aliphatic heterocycles. The highest BCUT2D eigenvalue weighted by atomic mass is 28.2. The van der Waals surface area contributed by atoms with Crippen molar-refractivity contribution in [3.63, 3.8) is 0 Å². The number of benzene rings is 1. The topological polar surface area (TPSA) is 46.6 Å². The molecule has 0 aromatic heterocycles. The highest BCUT2D eigenvalue weighted by Gasteiger charge is 2.55. The molecule has 4 nitrogen and oxygen atoms in total. The minimum Gasteiger partial charge on any atom is -0.405 e. The second-order valence-corrected chi connectivity index (χ2v) is 6.80. The van der Waals surface area contributed by atoms with Crippen molar-refractivity contribution in [2.45, 2.75) is 45.3 Å². The van der Waals surface area contributed by atoms with Gasteiger partial charge in [0.05, 0.1) is 5.56 Å². The average Bonchev–Trinajstić information content (AvgIpc) is 2.49. The molecule has 2 unspecified atom stereocenters. The van der Waals surface area contributed by atoms with E-state index < -0.39 is 22.7 Å². The zero-order valence-electron chi connectivity index (χ0n) is 13.9. The Morgan fingerprint density at radius 1 is 1.35 bits per heavy atom. The molecule has 1 aromatic rings. The van der Waals surface area contributed by atoms with Gasteiger partial charge in [-0.15, -0.1) is 0 Å². The van der Waals surface area contributed by atoms with Crippen LogP contribution in [0.5, 0.6) is 0 Å². The van der Waals surface area contributed by atoms with Gasteiger partial charge in [-0.25, -0.2) is 4.39 Å². The van der Waals surface area contributed by atoms with Crippen molar-refractivity contribution in [1.29, 1.82) is 0 Å². The lowest BCUT2D eigenvalue weighted by molar-refractivity contribution is -0.147. The first-order valence-corrected chi connectivity index (χ1v) is 8.01. The molecule has 23 heavy (non-hydrogen) atoms. The molecule has 0 spiro atoms. The Morgan fingerprint density at radius 2 is 1.96 bits per heavy atom. The normalized spacial score (nSPS) is 26.9. The lowest BCUT2D eigenvalue weighted by atomic mass is 9.67. The SMILES string of the molecule is CC(=O)N1CCC(O[Si])(C(=O)c2ccccc2F)C(C)C1(C)C. The molecule has 1 amide bonds. The summed E-state index contributed by atoms with van der Waals surface area (Å²) in [6, 6.07) is 5.88. The fourth-order valence-electron chi connectivity index (χ4n) is 3.52. The maximum absolute atomic E-state index is 14.1. The van der Waals surface area contributed by atoms with Crippen LogP contribution in [0.1, 0.15) is 44.5 Å². The maximum atomic E-state index is 14.1. The Morgan fingerprint density at radius 3 is 2.48 bits per heavy atom. The number of likely N-dealkylation sites (tertiary alicyclic amines) is 1. The van der Waals surface area contributed by atoms with Gasteiger partial charge >= 0.3 is 0 Å². The highest BCUT2D eigenvalue weighted by Crippen LogP contribution is 2.43. The maximum Gasteiger partial charge on any atom is 0.247 e. The predicted molar refractivity (Wildman–Crippen MR) is 85.5 cm³/mol. The lowest BCUT2D eigenvalue weighted by Crippen LogP contribution is -2.66. The molecule has 3 radical (unpaired) electrons. The van der Waals surface area contributed by atoms with Crippen molar-refractivity contribution in [2.24, 2.45) is 5.92 Å². The van der Waals surface area contributed by atoms with Crippen LogP contribution in [0.4, 0.5) is 4.39 Å². The summed E-state index contributed by atoms with van der Waals surface area (Å²) in [5.74, 6) is -1.37. The van der Waals surface area contributed by atoms with Gasteiger partial charge in [-0.3, -0.25) is 9.59 Å². The Bertz CT molecular complexity index is 634. The highest BCUT2D eigenvalue weighted by molar-refractivity contribution is 6.07. The number of amides is 1. The Kier molecular flexibility index (Phi) is 4.78. The summed E-state index contributed by atoms with van der Waals surface area (Å²) in [5, 5.41) is 0. The molecule has 1 aromatic carbocycles. The van der Waals surface area contributed by atoms with Crippen LogP contribution in [-0.4, -0.2) is 44.8 Å². The largest absolute Gasteiger partial charge is 0.405 e. The number of rotatable bonds is 3. The number of carbonyl (C=O) groups is 2. The van der Waals surface area contributed by atoms with Gasteiger partial charge in [0.15, 0.2) is 5.78 Å². The first kappa shape index (κ1) is 17.8. The standard InChI is InChI=1S/C17H21FNO3Si/c1-11-16(3,4)19(12(2)20)10-9-17(11,22-23)15(21)13-7-5-6-8-14(13)18/h5-8,11H,9-10H2,1-4H3. The van der Waals surface area contributed by atoms with Crippen molar-refractivity contribution < 1.29 is 18.4 Å². The van der Waals surface area contributed by atoms with Crippen LogP contribution in [0, 0.1) is 11.7 Å². The van der Waals surface area contributed by atoms with Crippen LogP contribution in [-0.2, 0) is 9.22 Å². The Labute approximate surface area is 139 Å². The summed E-state index contributed by atoms with van der Waals surface area (Å²) in [7, 11) is 3.05. The van der Waals surface area contributed by atoms with Gasteiger partial charge in [-0.05, 0) is 26.0 Å². The molecule has 6 heteroatoms.